The molecule has 0 aliphatic carbocycles. The Morgan fingerprint density at radius 3 is 2.67 bits per heavy atom. The van der Waals surface area contributed by atoms with E-state index in [1.54, 1.807) is 26.8 Å². The first kappa shape index (κ1) is 20.0. The number of hydrogen-bond acceptors (Lipinski definition) is 6. The zero-order valence-corrected chi connectivity index (χ0v) is 14.7. The predicted octanol–water partition coefficient (Wildman–Crippen LogP) is 1.74. The number of carbonyl (C=O) groups excluding carboxylic acids is 2. The summed E-state index contributed by atoms with van der Waals surface area (Å²) in [5.41, 5.74) is -0.654. The summed E-state index contributed by atoms with van der Waals surface area (Å²) in [7, 11) is 0. The van der Waals surface area contributed by atoms with E-state index in [9.17, 15) is 14.7 Å². The van der Waals surface area contributed by atoms with Gasteiger partial charge in [0.15, 0.2) is 11.9 Å². The van der Waals surface area contributed by atoms with E-state index in [4.69, 9.17) is 9.26 Å². The molecule has 0 aliphatic heterocycles. The topological polar surface area (TPSA) is 114 Å². The van der Waals surface area contributed by atoms with Crippen LogP contribution in [-0.4, -0.2) is 40.0 Å². The summed E-state index contributed by atoms with van der Waals surface area (Å²) < 4.78 is 10.1. The molecule has 0 saturated carbocycles. The van der Waals surface area contributed by atoms with Gasteiger partial charge >= 0.3 is 6.09 Å². The van der Waals surface area contributed by atoms with Gasteiger partial charge in [-0.05, 0) is 27.2 Å². The Morgan fingerprint density at radius 1 is 1.42 bits per heavy atom. The van der Waals surface area contributed by atoms with E-state index in [1.165, 1.54) is 6.20 Å². The summed E-state index contributed by atoms with van der Waals surface area (Å²) in [4.78, 5) is 24.0. The van der Waals surface area contributed by atoms with Crippen LogP contribution in [0.3, 0.4) is 0 Å². The molecule has 0 fully saturated rings. The van der Waals surface area contributed by atoms with Crippen molar-refractivity contribution in [1.82, 2.24) is 15.8 Å². The number of hydrogen-bond donors (Lipinski definition) is 3. The summed E-state index contributed by atoms with van der Waals surface area (Å²) in [5.74, 6) is -0.121. The van der Waals surface area contributed by atoms with Crippen LogP contribution in [0.15, 0.2) is 16.8 Å². The van der Waals surface area contributed by atoms with Gasteiger partial charge in [0, 0.05) is 6.07 Å². The van der Waals surface area contributed by atoms with Crippen LogP contribution < -0.4 is 10.6 Å². The molecular formula is C16H27N3O5. The number of aliphatic hydroxyl groups excluding tert-OH is 1. The molecule has 1 aromatic rings. The molecule has 1 rings (SSSR count). The number of nitrogens with one attached hydrogen (secondary N) is 2. The number of ether oxygens (including phenoxy) is 1. The van der Waals surface area contributed by atoms with E-state index >= 15 is 0 Å². The smallest absolute Gasteiger partial charge is 0.407 e. The SMILES string of the molecule is CCCC[C@H](NC(=O)OC(C)(C)C)[C@@H](O)C(=O)NCc1ccno1. The van der Waals surface area contributed by atoms with Crippen LogP contribution in [0.4, 0.5) is 4.79 Å². The van der Waals surface area contributed by atoms with Crippen molar-refractivity contribution in [2.45, 2.75) is 71.2 Å². The fraction of sp³-hybridized carbons (Fsp3) is 0.688. The fourth-order valence-electron chi connectivity index (χ4n) is 1.99. The normalized spacial score (nSPS) is 13.9. The van der Waals surface area contributed by atoms with Crippen molar-refractivity contribution >= 4 is 12.0 Å². The van der Waals surface area contributed by atoms with Crippen molar-refractivity contribution in [3.05, 3.63) is 18.0 Å². The lowest BCUT2D eigenvalue weighted by Crippen LogP contribution is -2.51. The van der Waals surface area contributed by atoms with Gasteiger partial charge < -0.3 is 25.0 Å². The van der Waals surface area contributed by atoms with E-state index in [0.717, 1.165) is 12.8 Å². The maximum absolute atomic E-state index is 12.1. The first-order chi connectivity index (χ1) is 11.2. The molecule has 0 spiro atoms. The first-order valence-corrected chi connectivity index (χ1v) is 8.07. The molecule has 8 nitrogen and oxygen atoms in total. The van der Waals surface area contributed by atoms with Crippen LogP contribution in [0, 0.1) is 0 Å². The molecular weight excluding hydrogens is 314 g/mol. The number of rotatable bonds is 8. The average Bonchev–Trinajstić information content (AvgIpc) is 2.99. The number of aliphatic hydroxyl groups is 1. The third-order valence-electron chi connectivity index (χ3n) is 3.15. The first-order valence-electron chi connectivity index (χ1n) is 8.07. The molecule has 1 aromatic heterocycles. The van der Waals surface area contributed by atoms with Crippen molar-refractivity contribution in [2.24, 2.45) is 0 Å². The van der Waals surface area contributed by atoms with Crippen LogP contribution in [-0.2, 0) is 16.1 Å². The molecule has 24 heavy (non-hydrogen) atoms. The van der Waals surface area contributed by atoms with Gasteiger partial charge in [-0.25, -0.2) is 4.79 Å². The van der Waals surface area contributed by atoms with Crippen molar-refractivity contribution in [1.29, 1.82) is 0 Å². The Morgan fingerprint density at radius 2 is 2.12 bits per heavy atom. The summed E-state index contributed by atoms with van der Waals surface area (Å²) in [6.45, 7) is 7.33. The van der Waals surface area contributed by atoms with Crippen LogP contribution >= 0.6 is 0 Å². The quantitative estimate of drug-likeness (QED) is 0.663. The van der Waals surface area contributed by atoms with Gasteiger partial charge in [0.1, 0.15) is 5.60 Å². The Bertz CT molecular complexity index is 510. The lowest BCUT2D eigenvalue weighted by Gasteiger charge is -2.26. The lowest BCUT2D eigenvalue weighted by atomic mass is 10.0. The second-order valence-electron chi connectivity index (χ2n) is 6.54. The summed E-state index contributed by atoms with van der Waals surface area (Å²) in [6.07, 6.45) is 1.52. The van der Waals surface area contributed by atoms with E-state index in [0.29, 0.717) is 12.2 Å². The van der Waals surface area contributed by atoms with Crippen LogP contribution in [0.5, 0.6) is 0 Å². The second kappa shape index (κ2) is 9.27. The van der Waals surface area contributed by atoms with Gasteiger partial charge in [-0.15, -0.1) is 0 Å². The second-order valence-corrected chi connectivity index (χ2v) is 6.54. The zero-order valence-electron chi connectivity index (χ0n) is 14.7. The van der Waals surface area contributed by atoms with Gasteiger partial charge in [-0.2, -0.15) is 0 Å². The van der Waals surface area contributed by atoms with Crippen molar-refractivity contribution in [3.8, 4) is 0 Å². The summed E-state index contributed by atoms with van der Waals surface area (Å²) in [6, 6.07) is 0.884. The van der Waals surface area contributed by atoms with Gasteiger partial charge in [0.2, 0.25) is 0 Å². The molecule has 0 unspecified atom stereocenters. The van der Waals surface area contributed by atoms with Crippen LogP contribution in [0.2, 0.25) is 0 Å². The minimum Gasteiger partial charge on any atom is -0.444 e. The third-order valence-corrected chi connectivity index (χ3v) is 3.15. The van der Waals surface area contributed by atoms with E-state index in [2.05, 4.69) is 15.8 Å². The van der Waals surface area contributed by atoms with Gasteiger partial charge in [0.05, 0.1) is 18.8 Å². The highest BCUT2D eigenvalue weighted by Gasteiger charge is 2.29. The molecule has 2 amide bonds. The third kappa shape index (κ3) is 7.45. The fourth-order valence-corrected chi connectivity index (χ4v) is 1.99. The van der Waals surface area contributed by atoms with Gasteiger partial charge in [-0.1, -0.05) is 24.9 Å². The monoisotopic (exact) mass is 341 g/mol. The molecule has 8 heteroatoms. The van der Waals surface area contributed by atoms with E-state index < -0.39 is 29.7 Å². The Kier molecular flexibility index (Phi) is 7.70. The highest BCUT2D eigenvalue weighted by Crippen LogP contribution is 2.10. The van der Waals surface area contributed by atoms with E-state index in [-0.39, 0.29) is 6.54 Å². The average molecular weight is 341 g/mol. The number of nitrogens with zero attached hydrogens (tertiary/aromatic N) is 1. The van der Waals surface area contributed by atoms with Crippen LogP contribution in [0.25, 0.3) is 0 Å². The molecule has 3 N–H and O–H groups in total. The minimum atomic E-state index is -1.38. The highest BCUT2D eigenvalue weighted by molar-refractivity contribution is 5.82. The molecule has 0 aliphatic rings. The molecule has 0 radical (unpaired) electrons. The number of alkyl carbamates (subject to hydrolysis) is 1. The Balaban J connectivity index is 2.60. The molecule has 0 saturated heterocycles. The highest BCUT2D eigenvalue weighted by atomic mass is 16.6. The molecule has 1 heterocycles. The molecule has 0 bridgehead atoms. The minimum absolute atomic E-state index is 0.114. The van der Waals surface area contributed by atoms with Crippen molar-refractivity contribution in [2.75, 3.05) is 0 Å². The van der Waals surface area contributed by atoms with Gasteiger partial charge in [0.25, 0.3) is 5.91 Å². The number of aromatic nitrogens is 1. The maximum Gasteiger partial charge on any atom is 0.407 e. The number of carbonyl (C=O) groups is 2. The van der Waals surface area contributed by atoms with Crippen molar-refractivity contribution in [3.63, 3.8) is 0 Å². The number of amides is 2. The largest absolute Gasteiger partial charge is 0.444 e. The Labute approximate surface area is 141 Å². The molecule has 0 aromatic carbocycles. The van der Waals surface area contributed by atoms with E-state index in [1.807, 2.05) is 6.92 Å². The van der Waals surface area contributed by atoms with Crippen LogP contribution in [0.1, 0.15) is 52.7 Å². The molecule has 2 atom stereocenters. The summed E-state index contributed by atoms with van der Waals surface area (Å²) >= 11 is 0. The zero-order chi connectivity index (χ0) is 18.2. The molecule has 136 valence electrons. The summed E-state index contributed by atoms with van der Waals surface area (Å²) in [5, 5.41) is 18.9. The standard InChI is InChI=1S/C16H27N3O5/c1-5-6-7-12(19-15(22)23-16(2,3)4)13(20)14(21)17-10-11-8-9-18-24-11/h8-9,12-13,20H,5-7,10H2,1-4H3,(H,17,21)(H,19,22)/t12-,13+/m0/s1. The maximum atomic E-state index is 12.1. The lowest BCUT2D eigenvalue weighted by molar-refractivity contribution is -0.131. The van der Waals surface area contributed by atoms with Crippen molar-refractivity contribution < 1.29 is 24.0 Å². The predicted molar refractivity (Wildman–Crippen MR) is 87.0 cm³/mol. The Hall–Kier alpha value is -2.09. The number of unbranched alkanes of at least 4 members (excludes halogenated alkanes) is 1. The van der Waals surface area contributed by atoms with Gasteiger partial charge in [-0.3, -0.25) is 4.79 Å².